The zero-order valence-electron chi connectivity index (χ0n) is 16.4. The molecule has 3 aliphatic rings. The van der Waals surface area contributed by atoms with Crippen LogP contribution in [-0.2, 0) is 9.53 Å². The number of aromatic nitrogens is 2. The van der Waals surface area contributed by atoms with E-state index in [0.717, 1.165) is 50.7 Å². The van der Waals surface area contributed by atoms with Crippen LogP contribution in [-0.4, -0.2) is 85.5 Å². The molecule has 148 valence electrons. The summed E-state index contributed by atoms with van der Waals surface area (Å²) in [6, 6.07) is 2.41. The fourth-order valence-electron chi connectivity index (χ4n) is 4.81. The second kappa shape index (κ2) is 6.91. The molecule has 0 aromatic carbocycles. The Bertz CT molecular complexity index is 721. The summed E-state index contributed by atoms with van der Waals surface area (Å²) in [6.07, 6.45) is 2.01. The van der Waals surface area contributed by atoms with E-state index in [1.165, 1.54) is 0 Å². The number of aliphatic carboxylic acids is 1. The Kier molecular flexibility index (Phi) is 4.71. The van der Waals surface area contributed by atoms with Crippen molar-refractivity contribution in [1.29, 1.82) is 0 Å². The van der Waals surface area contributed by atoms with E-state index in [-0.39, 0.29) is 5.92 Å². The number of hydrogen-bond acceptors (Lipinski definition) is 7. The third kappa shape index (κ3) is 3.25. The highest BCUT2D eigenvalue weighted by Crippen LogP contribution is 2.45. The van der Waals surface area contributed by atoms with Crippen LogP contribution < -0.4 is 9.80 Å². The first kappa shape index (κ1) is 18.4. The standard InChI is InChI=1S/C19H29N5O3/c1-13-8-16(21-18(20-13)22(2)3)24-10-14-9-23(15-4-6-27-7-5-15)11-19(14,12-24)17(25)26/h8,14-15H,4-7,9-12H2,1-3H3,(H,25,26)/t14-,19-/m1/s1. The number of rotatable bonds is 4. The maximum Gasteiger partial charge on any atom is 0.313 e. The van der Waals surface area contributed by atoms with Gasteiger partial charge in [0.25, 0.3) is 0 Å². The monoisotopic (exact) mass is 375 g/mol. The highest BCUT2D eigenvalue weighted by atomic mass is 16.5. The Morgan fingerprint density at radius 1 is 1.26 bits per heavy atom. The molecule has 4 heterocycles. The minimum Gasteiger partial charge on any atom is -0.481 e. The van der Waals surface area contributed by atoms with Crippen LogP contribution in [0.2, 0.25) is 0 Å². The molecule has 1 aromatic heterocycles. The lowest BCUT2D eigenvalue weighted by atomic mass is 9.81. The van der Waals surface area contributed by atoms with Crippen LogP contribution in [0.4, 0.5) is 11.8 Å². The number of likely N-dealkylation sites (tertiary alicyclic amines) is 1. The van der Waals surface area contributed by atoms with Gasteiger partial charge in [0.05, 0.1) is 0 Å². The minimum absolute atomic E-state index is 0.121. The summed E-state index contributed by atoms with van der Waals surface area (Å²) in [5.74, 6) is 0.938. The van der Waals surface area contributed by atoms with Gasteiger partial charge in [0, 0.05) is 77.2 Å². The zero-order valence-corrected chi connectivity index (χ0v) is 16.4. The zero-order chi connectivity index (χ0) is 19.2. The van der Waals surface area contributed by atoms with Crippen molar-refractivity contribution in [2.45, 2.75) is 25.8 Å². The summed E-state index contributed by atoms with van der Waals surface area (Å²) in [5.41, 5.74) is 0.184. The number of carboxylic acid groups (broad SMARTS) is 1. The first-order chi connectivity index (χ1) is 12.9. The van der Waals surface area contributed by atoms with Crippen LogP contribution in [0.15, 0.2) is 6.07 Å². The van der Waals surface area contributed by atoms with Crippen LogP contribution in [0.25, 0.3) is 0 Å². The summed E-state index contributed by atoms with van der Waals surface area (Å²) in [7, 11) is 3.84. The van der Waals surface area contributed by atoms with Crippen molar-refractivity contribution in [3.05, 3.63) is 11.8 Å². The van der Waals surface area contributed by atoms with Crippen molar-refractivity contribution in [1.82, 2.24) is 14.9 Å². The third-order valence-corrected chi connectivity index (χ3v) is 6.32. The molecule has 3 saturated heterocycles. The van der Waals surface area contributed by atoms with Crippen LogP contribution in [0, 0.1) is 18.3 Å². The van der Waals surface area contributed by atoms with Gasteiger partial charge in [0.15, 0.2) is 0 Å². The van der Waals surface area contributed by atoms with E-state index in [4.69, 9.17) is 4.74 Å². The molecule has 8 nitrogen and oxygen atoms in total. The fourth-order valence-corrected chi connectivity index (χ4v) is 4.81. The summed E-state index contributed by atoms with van der Waals surface area (Å²) in [6.45, 7) is 6.23. The lowest BCUT2D eigenvalue weighted by Gasteiger charge is -2.33. The Hall–Kier alpha value is -1.93. The molecule has 4 rings (SSSR count). The van der Waals surface area contributed by atoms with Crippen molar-refractivity contribution in [2.24, 2.45) is 11.3 Å². The van der Waals surface area contributed by atoms with Gasteiger partial charge in [-0.15, -0.1) is 0 Å². The molecule has 27 heavy (non-hydrogen) atoms. The van der Waals surface area contributed by atoms with Crippen molar-refractivity contribution < 1.29 is 14.6 Å². The van der Waals surface area contributed by atoms with Gasteiger partial charge in [-0.1, -0.05) is 0 Å². The van der Waals surface area contributed by atoms with Crippen LogP contribution in [0.5, 0.6) is 0 Å². The quantitative estimate of drug-likeness (QED) is 0.830. The van der Waals surface area contributed by atoms with E-state index in [9.17, 15) is 9.90 Å². The normalized spacial score (nSPS) is 29.1. The van der Waals surface area contributed by atoms with Crippen LogP contribution in [0.1, 0.15) is 18.5 Å². The smallest absolute Gasteiger partial charge is 0.313 e. The summed E-state index contributed by atoms with van der Waals surface area (Å²) < 4.78 is 5.47. The number of aryl methyl sites for hydroxylation is 1. The number of carboxylic acids is 1. The lowest BCUT2D eigenvalue weighted by Crippen LogP contribution is -2.44. The number of fused-ring (bicyclic) bond motifs is 1. The molecule has 0 amide bonds. The van der Waals surface area contributed by atoms with E-state index in [1.54, 1.807) is 0 Å². The van der Waals surface area contributed by atoms with Gasteiger partial charge in [-0.3, -0.25) is 9.69 Å². The first-order valence-electron chi connectivity index (χ1n) is 9.72. The van der Waals surface area contributed by atoms with Gasteiger partial charge in [0.1, 0.15) is 11.2 Å². The number of ether oxygens (including phenoxy) is 1. The SMILES string of the molecule is Cc1cc(N2C[C@H]3CN(C4CCOCC4)C[C@@]3(C(=O)O)C2)nc(N(C)C)n1. The average molecular weight is 375 g/mol. The number of nitrogens with zero attached hydrogens (tertiary/aromatic N) is 5. The molecule has 2 atom stereocenters. The molecule has 0 unspecified atom stereocenters. The molecule has 0 saturated carbocycles. The molecule has 0 bridgehead atoms. The predicted molar refractivity (Wildman–Crippen MR) is 102 cm³/mol. The topological polar surface area (TPSA) is 82.0 Å². The Morgan fingerprint density at radius 3 is 2.63 bits per heavy atom. The molecule has 0 aliphatic carbocycles. The van der Waals surface area contributed by atoms with Crippen molar-refractivity contribution >= 4 is 17.7 Å². The molecule has 3 fully saturated rings. The van der Waals surface area contributed by atoms with Gasteiger partial charge < -0.3 is 19.6 Å². The van der Waals surface area contributed by atoms with Crippen molar-refractivity contribution in [3.63, 3.8) is 0 Å². The Labute approximate surface area is 160 Å². The molecule has 1 aromatic rings. The number of anilines is 2. The number of hydrogen-bond donors (Lipinski definition) is 1. The Balaban J connectivity index is 1.56. The summed E-state index contributed by atoms with van der Waals surface area (Å²) in [5, 5.41) is 10.1. The van der Waals surface area contributed by atoms with Gasteiger partial charge in [-0.25, -0.2) is 4.98 Å². The largest absolute Gasteiger partial charge is 0.481 e. The lowest BCUT2D eigenvalue weighted by molar-refractivity contribution is -0.148. The maximum atomic E-state index is 12.3. The highest BCUT2D eigenvalue weighted by molar-refractivity contribution is 5.78. The maximum absolute atomic E-state index is 12.3. The van der Waals surface area contributed by atoms with Crippen molar-refractivity contribution in [3.8, 4) is 0 Å². The van der Waals surface area contributed by atoms with Gasteiger partial charge >= 0.3 is 5.97 Å². The van der Waals surface area contributed by atoms with Crippen molar-refractivity contribution in [2.75, 3.05) is 63.3 Å². The van der Waals surface area contributed by atoms with E-state index in [2.05, 4.69) is 19.8 Å². The Morgan fingerprint density at radius 2 is 2.00 bits per heavy atom. The van der Waals surface area contributed by atoms with E-state index < -0.39 is 11.4 Å². The minimum atomic E-state index is -0.713. The predicted octanol–water partition coefficient (Wildman–Crippen LogP) is 0.853. The van der Waals surface area contributed by atoms with Crippen LogP contribution in [0.3, 0.4) is 0 Å². The first-order valence-corrected chi connectivity index (χ1v) is 9.72. The second-order valence-electron chi connectivity index (χ2n) is 8.37. The summed E-state index contributed by atoms with van der Waals surface area (Å²) in [4.78, 5) is 27.9. The molecular formula is C19H29N5O3. The van der Waals surface area contributed by atoms with E-state index >= 15 is 0 Å². The van der Waals surface area contributed by atoms with Gasteiger partial charge in [-0.05, 0) is 19.8 Å². The van der Waals surface area contributed by atoms with Crippen LogP contribution >= 0.6 is 0 Å². The molecule has 3 aliphatic heterocycles. The third-order valence-electron chi connectivity index (χ3n) is 6.32. The molecule has 0 radical (unpaired) electrons. The molecule has 8 heteroatoms. The van der Waals surface area contributed by atoms with E-state index in [1.807, 2.05) is 32.0 Å². The number of carbonyl (C=O) groups is 1. The molecular weight excluding hydrogens is 346 g/mol. The fraction of sp³-hybridized carbons (Fsp3) is 0.737. The highest BCUT2D eigenvalue weighted by Gasteiger charge is 2.58. The second-order valence-corrected chi connectivity index (χ2v) is 8.37. The van der Waals surface area contributed by atoms with Gasteiger partial charge in [-0.2, -0.15) is 4.98 Å². The van der Waals surface area contributed by atoms with E-state index in [0.29, 0.717) is 25.1 Å². The van der Waals surface area contributed by atoms with Gasteiger partial charge in [0.2, 0.25) is 5.95 Å². The molecule has 0 spiro atoms. The average Bonchev–Trinajstić information content (AvgIpc) is 3.17. The summed E-state index contributed by atoms with van der Waals surface area (Å²) >= 11 is 0. The molecule has 1 N–H and O–H groups in total.